The summed E-state index contributed by atoms with van der Waals surface area (Å²) in [6, 6.07) is 7.74. The molecule has 0 radical (unpaired) electrons. The summed E-state index contributed by atoms with van der Waals surface area (Å²) >= 11 is 6.24. The Morgan fingerprint density at radius 1 is 1.35 bits per heavy atom. The van der Waals surface area contributed by atoms with Crippen molar-refractivity contribution < 1.29 is 9.47 Å². The van der Waals surface area contributed by atoms with Crippen LogP contribution < -0.4 is 4.74 Å². The van der Waals surface area contributed by atoms with E-state index >= 15 is 0 Å². The van der Waals surface area contributed by atoms with Crippen LogP contribution in [-0.4, -0.2) is 23.2 Å². The number of benzene rings is 1. The molecule has 3 rings (SSSR count). The molecule has 5 heteroatoms. The Bertz CT molecular complexity index is 631. The van der Waals surface area contributed by atoms with Gasteiger partial charge in [-0.05, 0) is 19.1 Å². The summed E-state index contributed by atoms with van der Waals surface area (Å²) < 4.78 is 10.9. The van der Waals surface area contributed by atoms with E-state index in [1.165, 1.54) is 0 Å². The number of hydrogen-bond donors (Lipinski definition) is 0. The zero-order chi connectivity index (χ0) is 13.9. The molecule has 104 valence electrons. The minimum absolute atomic E-state index is 0.478. The minimum Gasteiger partial charge on any atom is -0.494 e. The summed E-state index contributed by atoms with van der Waals surface area (Å²) in [6.07, 6.45) is 0.774. The third-order valence-electron chi connectivity index (χ3n) is 3.18. The third kappa shape index (κ3) is 2.62. The van der Waals surface area contributed by atoms with Crippen molar-refractivity contribution >= 4 is 11.6 Å². The highest BCUT2D eigenvalue weighted by atomic mass is 35.5. The van der Waals surface area contributed by atoms with Crippen molar-refractivity contribution in [2.45, 2.75) is 20.0 Å². The van der Waals surface area contributed by atoms with Crippen LogP contribution in [0.25, 0.3) is 11.4 Å². The Balaban J connectivity index is 2.01. The Hall–Kier alpha value is -1.65. The van der Waals surface area contributed by atoms with Gasteiger partial charge in [0, 0.05) is 17.5 Å². The predicted molar refractivity (Wildman–Crippen MR) is 77.0 cm³/mol. The molecule has 0 saturated heterocycles. The van der Waals surface area contributed by atoms with Crippen LogP contribution in [0.4, 0.5) is 0 Å². The molecule has 2 heterocycles. The fraction of sp³-hybridized carbons (Fsp3) is 0.333. The topological polar surface area (TPSA) is 44.2 Å². The molecule has 0 N–H and O–H groups in total. The molecule has 0 unspecified atom stereocenters. The van der Waals surface area contributed by atoms with Crippen molar-refractivity contribution in [3.8, 4) is 17.1 Å². The highest BCUT2D eigenvalue weighted by Gasteiger charge is 2.17. The number of nitrogens with zero attached hydrogens (tertiary/aromatic N) is 2. The van der Waals surface area contributed by atoms with Gasteiger partial charge in [-0.25, -0.2) is 9.97 Å². The lowest BCUT2D eigenvalue weighted by Gasteiger charge is -2.17. The molecule has 1 aliphatic heterocycles. The summed E-state index contributed by atoms with van der Waals surface area (Å²) in [7, 11) is 0. The Morgan fingerprint density at radius 3 is 3.10 bits per heavy atom. The predicted octanol–water partition coefficient (Wildman–Crippen LogP) is 3.27. The van der Waals surface area contributed by atoms with Gasteiger partial charge in [0.1, 0.15) is 10.9 Å². The molecule has 1 aromatic heterocycles. The number of aromatic nitrogens is 2. The first-order chi connectivity index (χ1) is 9.78. The van der Waals surface area contributed by atoms with Crippen LogP contribution in [-0.2, 0) is 17.8 Å². The first-order valence-electron chi connectivity index (χ1n) is 6.64. The maximum atomic E-state index is 6.24. The summed E-state index contributed by atoms with van der Waals surface area (Å²) in [4.78, 5) is 8.99. The number of halogens is 1. The smallest absolute Gasteiger partial charge is 0.161 e. The van der Waals surface area contributed by atoms with Crippen LogP contribution in [0.3, 0.4) is 0 Å². The van der Waals surface area contributed by atoms with Crippen LogP contribution in [0.5, 0.6) is 5.75 Å². The SMILES string of the molecule is CCOc1cccc(-c2nc(Cl)c3c(n2)CCOC3)c1. The molecule has 0 bridgehead atoms. The van der Waals surface area contributed by atoms with Crippen molar-refractivity contribution in [2.75, 3.05) is 13.2 Å². The van der Waals surface area contributed by atoms with E-state index < -0.39 is 0 Å². The average molecular weight is 291 g/mol. The van der Waals surface area contributed by atoms with Crippen molar-refractivity contribution in [1.82, 2.24) is 9.97 Å². The van der Waals surface area contributed by atoms with E-state index in [4.69, 9.17) is 21.1 Å². The summed E-state index contributed by atoms with van der Waals surface area (Å²) in [5, 5.41) is 0.478. The van der Waals surface area contributed by atoms with Crippen molar-refractivity contribution in [3.05, 3.63) is 40.7 Å². The maximum absolute atomic E-state index is 6.24. The lowest BCUT2D eigenvalue weighted by molar-refractivity contribution is 0.109. The first-order valence-corrected chi connectivity index (χ1v) is 7.02. The third-order valence-corrected chi connectivity index (χ3v) is 3.49. The Morgan fingerprint density at radius 2 is 2.25 bits per heavy atom. The molecular formula is C15H15ClN2O2. The quantitative estimate of drug-likeness (QED) is 0.814. The van der Waals surface area contributed by atoms with Gasteiger partial charge in [-0.2, -0.15) is 0 Å². The largest absolute Gasteiger partial charge is 0.494 e. The lowest BCUT2D eigenvalue weighted by atomic mass is 10.1. The van der Waals surface area contributed by atoms with E-state index in [1.54, 1.807) is 0 Å². The molecule has 1 aromatic carbocycles. The van der Waals surface area contributed by atoms with Gasteiger partial charge in [0.25, 0.3) is 0 Å². The molecule has 2 aromatic rings. The Labute approximate surface area is 122 Å². The van der Waals surface area contributed by atoms with Gasteiger partial charge < -0.3 is 9.47 Å². The van der Waals surface area contributed by atoms with Crippen molar-refractivity contribution in [3.63, 3.8) is 0 Å². The molecule has 0 aliphatic carbocycles. The van der Waals surface area contributed by atoms with Crippen LogP contribution in [0, 0.1) is 0 Å². The van der Waals surface area contributed by atoms with Crippen molar-refractivity contribution in [2.24, 2.45) is 0 Å². The molecule has 0 saturated carbocycles. The van der Waals surface area contributed by atoms with Gasteiger partial charge in [0.2, 0.25) is 0 Å². The number of rotatable bonds is 3. The molecular weight excluding hydrogens is 276 g/mol. The van der Waals surface area contributed by atoms with E-state index in [1.807, 2.05) is 31.2 Å². The summed E-state index contributed by atoms with van der Waals surface area (Å²) in [5.74, 6) is 1.45. The van der Waals surface area contributed by atoms with Gasteiger partial charge in [-0.3, -0.25) is 0 Å². The molecule has 0 atom stereocenters. The van der Waals surface area contributed by atoms with Gasteiger partial charge in [0.05, 0.1) is 25.5 Å². The molecule has 1 aliphatic rings. The van der Waals surface area contributed by atoms with Crippen LogP contribution >= 0.6 is 11.6 Å². The zero-order valence-electron chi connectivity index (χ0n) is 11.2. The fourth-order valence-electron chi connectivity index (χ4n) is 2.21. The molecule has 4 nitrogen and oxygen atoms in total. The second kappa shape index (κ2) is 5.77. The summed E-state index contributed by atoms with van der Waals surface area (Å²) in [5.41, 5.74) is 2.79. The first kappa shape index (κ1) is 13.3. The highest BCUT2D eigenvalue weighted by Crippen LogP contribution is 2.27. The van der Waals surface area contributed by atoms with Gasteiger partial charge >= 0.3 is 0 Å². The van der Waals surface area contributed by atoms with E-state index in [-0.39, 0.29) is 0 Å². The number of fused-ring (bicyclic) bond motifs is 1. The monoisotopic (exact) mass is 290 g/mol. The number of hydrogen-bond acceptors (Lipinski definition) is 4. The van der Waals surface area contributed by atoms with Gasteiger partial charge in [-0.15, -0.1) is 0 Å². The second-order valence-electron chi connectivity index (χ2n) is 4.53. The Kier molecular flexibility index (Phi) is 3.85. The number of ether oxygens (including phenoxy) is 2. The fourth-order valence-corrected chi connectivity index (χ4v) is 2.46. The minimum atomic E-state index is 0.478. The average Bonchev–Trinajstić information content (AvgIpc) is 2.48. The van der Waals surface area contributed by atoms with E-state index in [0.29, 0.717) is 30.8 Å². The van der Waals surface area contributed by atoms with Crippen LogP contribution in [0.1, 0.15) is 18.2 Å². The van der Waals surface area contributed by atoms with Crippen LogP contribution in [0.15, 0.2) is 24.3 Å². The molecule has 0 spiro atoms. The van der Waals surface area contributed by atoms with E-state index in [0.717, 1.165) is 29.0 Å². The summed E-state index contributed by atoms with van der Waals surface area (Å²) in [6.45, 7) is 3.76. The van der Waals surface area contributed by atoms with Gasteiger partial charge in [0.15, 0.2) is 5.82 Å². The standard InChI is InChI=1S/C15H15ClN2O2/c1-2-20-11-5-3-4-10(8-11)15-17-13-6-7-19-9-12(13)14(16)18-15/h3-5,8H,2,6-7,9H2,1H3. The van der Waals surface area contributed by atoms with Gasteiger partial charge in [-0.1, -0.05) is 23.7 Å². The highest BCUT2D eigenvalue weighted by molar-refractivity contribution is 6.30. The van der Waals surface area contributed by atoms with E-state index in [2.05, 4.69) is 9.97 Å². The lowest BCUT2D eigenvalue weighted by Crippen LogP contribution is -2.14. The second-order valence-corrected chi connectivity index (χ2v) is 4.88. The van der Waals surface area contributed by atoms with Crippen molar-refractivity contribution in [1.29, 1.82) is 0 Å². The molecule has 20 heavy (non-hydrogen) atoms. The van der Waals surface area contributed by atoms with E-state index in [9.17, 15) is 0 Å². The normalized spacial score (nSPS) is 13.9. The molecule has 0 amide bonds. The van der Waals surface area contributed by atoms with Crippen LogP contribution in [0.2, 0.25) is 5.15 Å². The zero-order valence-corrected chi connectivity index (χ0v) is 12.0. The molecule has 0 fully saturated rings. The maximum Gasteiger partial charge on any atom is 0.161 e.